The predicted octanol–water partition coefficient (Wildman–Crippen LogP) is 4.28. The molecule has 0 aromatic heterocycles. The SMILES string of the molecule is O=C(O)c1ccc(NC2CCCCC2)c2ccccc12. The van der Waals surface area contributed by atoms with Gasteiger partial charge in [-0.15, -0.1) is 0 Å². The molecule has 3 heteroatoms. The summed E-state index contributed by atoms with van der Waals surface area (Å²) in [6.07, 6.45) is 6.30. The van der Waals surface area contributed by atoms with Crippen molar-refractivity contribution in [3.63, 3.8) is 0 Å². The van der Waals surface area contributed by atoms with Crippen molar-refractivity contribution in [2.75, 3.05) is 5.32 Å². The van der Waals surface area contributed by atoms with E-state index in [1.54, 1.807) is 6.07 Å². The zero-order valence-corrected chi connectivity index (χ0v) is 11.4. The van der Waals surface area contributed by atoms with Crippen LogP contribution in [0.2, 0.25) is 0 Å². The summed E-state index contributed by atoms with van der Waals surface area (Å²) in [4.78, 5) is 11.3. The summed E-state index contributed by atoms with van der Waals surface area (Å²) in [6.45, 7) is 0. The number of nitrogens with one attached hydrogen (secondary N) is 1. The van der Waals surface area contributed by atoms with Crippen molar-refractivity contribution in [3.05, 3.63) is 42.0 Å². The predicted molar refractivity (Wildman–Crippen MR) is 81.4 cm³/mol. The van der Waals surface area contributed by atoms with E-state index in [1.165, 1.54) is 32.1 Å². The third kappa shape index (κ3) is 2.48. The summed E-state index contributed by atoms with van der Waals surface area (Å²) >= 11 is 0. The molecule has 20 heavy (non-hydrogen) atoms. The lowest BCUT2D eigenvalue weighted by Crippen LogP contribution is -2.22. The number of benzene rings is 2. The minimum absolute atomic E-state index is 0.370. The van der Waals surface area contributed by atoms with Crippen molar-refractivity contribution in [1.29, 1.82) is 0 Å². The Labute approximate surface area is 118 Å². The quantitative estimate of drug-likeness (QED) is 0.874. The van der Waals surface area contributed by atoms with Crippen molar-refractivity contribution in [2.24, 2.45) is 0 Å². The van der Waals surface area contributed by atoms with Gasteiger partial charge in [0, 0.05) is 17.1 Å². The van der Waals surface area contributed by atoms with E-state index in [0.717, 1.165) is 16.5 Å². The third-order valence-corrected chi connectivity index (χ3v) is 4.12. The molecule has 0 bridgehead atoms. The fourth-order valence-corrected chi connectivity index (χ4v) is 3.08. The number of hydrogen-bond acceptors (Lipinski definition) is 2. The Morgan fingerprint density at radius 2 is 1.70 bits per heavy atom. The Morgan fingerprint density at radius 1 is 1.00 bits per heavy atom. The van der Waals surface area contributed by atoms with Crippen LogP contribution < -0.4 is 5.32 Å². The molecule has 0 radical (unpaired) electrons. The van der Waals surface area contributed by atoms with Crippen molar-refractivity contribution < 1.29 is 9.90 Å². The van der Waals surface area contributed by atoms with Crippen LogP contribution in [0.5, 0.6) is 0 Å². The average molecular weight is 269 g/mol. The molecule has 0 unspecified atom stereocenters. The summed E-state index contributed by atoms with van der Waals surface area (Å²) in [5, 5.41) is 14.7. The highest BCUT2D eigenvalue weighted by Crippen LogP contribution is 2.29. The van der Waals surface area contributed by atoms with Gasteiger partial charge in [0.1, 0.15) is 0 Å². The fraction of sp³-hybridized carbons (Fsp3) is 0.353. The maximum absolute atomic E-state index is 11.3. The maximum Gasteiger partial charge on any atom is 0.336 e. The molecule has 2 N–H and O–H groups in total. The van der Waals surface area contributed by atoms with Crippen LogP contribution >= 0.6 is 0 Å². The summed E-state index contributed by atoms with van der Waals surface area (Å²) in [6, 6.07) is 11.8. The van der Waals surface area contributed by atoms with Crippen LogP contribution in [0.1, 0.15) is 42.5 Å². The van der Waals surface area contributed by atoms with Gasteiger partial charge in [0.05, 0.1) is 5.56 Å². The van der Waals surface area contributed by atoms with E-state index in [-0.39, 0.29) is 0 Å². The van der Waals surface area contributed by atoms with E-state index in [1.807, 2.05) is 30.3 Å². The molecule has 3 nitrogen and oxygen atoms in total. The second kappa shape index (κ2) is 5.53. The molecule has 1 fully saturated rings. The molecule has 2 aromatic carbocycles. The lowest BCUT2D eigenvalue weighted by atomic mass is 9.94. The monoisotopic (exact) mass is 269 g/mol. The van der Waals surface area contributed by atoms with Crippen LogP contribution in [0.15, 0.2) is 36.4 Å². The first kappa shape index (κ1) is 13.0. The second-order valence-corrected chi connectivity index (χ2v) is 5.49. The van der Waals surface area contributed by atoms with Gasteiger partial charge >= 0.3 is 5.97 Å². The van der Waals surface area contributed by atoms with Crippen LogP contribution in [0.3, 0.4) is 0 Å². The highest BCUT2D eigenvalue weighted by atomic mass is 16.4. The molecule has 3 rings (SSSR count). The molecule has 1 aliphatic carbocycles. The molecule has 0 atom stereocenters. The first-order chi connectivity index (χ1) is 9.75. The topological polar surface area (TPSA) is 49.3 Å². The Kier molecular flexibility index (Phi) is 3.59. The van der Waals surface area contributed by atoms with Crippen LogP contribution in [-0.4, -0.2) is 17.1 Å². The number of carboxylic acids is 1. The average Bonchev–Trinajstić information content (AvgIpc) is 2.48. The Hall–Kier alpha value is -2.03. The lowest BCUT2D eigenvalue weighted by Gasteiger charge is -2.24. The molecule has 0 aliphatic heterocycles. The highest BCUT2D eigenvalue weighted by molar-refractivity contribution is 6.07. The lowest BCUT2D eigenvalue weighted by molar-refractivity contribution is 0.0699. The highest BCUT2D eigenvalue weighted by Gasteiger charge is 2.16. The Balaban J connectivity index is 1.99. The Morgan fingerprint density at radius 3 is 2.40 bits per heavy atom. The van der Waals surface area contributed by atoms with E-state index >= 15 is 0 Å². The summed E-state index contributed by atoms with van der Waals surface area (Å²) < 4.78 is 0. The number of rotatable bonds is 3. The summed E-state index contributed by atoms with van der Waals surface area (Å²) in [5.74, 6) is -0.870. The van der Waals surface area contributed by atoms with Crippen LogP contribution in [0.25, 0.3) is 10.8 Å². The number of aromatic carboxylic acids is 1. The van der Waals surface area contributed by atoms with E-state index in [4.69, 9.17) is 0 Å². The van der Waals surface area contributed by atoms with Gasteiger partial charge in [0.25, 0.3) is 0 Å². The van der Waals surface area contributed by atoms with Crippen molar-refractivity contribution in [3.8, 4) is 0 Å². The van der Waals surface area contributed by atoms with Crippen LogP contribution in [-0.2, 0) is 0 Å². The van der Waals surface area contributed by atoms with Gasteiger partial charge in [-0.1, -0.05) is 43.5 Å². The van der Waals surface area contributed by atoms with Crippen molar-refractivity contribution in [1.82, 2.24) is 0 Å². The molecular weight excluding hydrogens is 250 g/mol. The van der Waals surface area contributed by atoms with Gasteiger partial charge in [0.2, 0.25) is 0 Å². The number of fused-ring (bicyclic) bond motifs is 1. The van der Waals surface area contributed by atoms with E-state index in [0.29, 0.717) is 11.6 Å². The standard InChI is InChI=1S/C17H19NO2/c19-17(20)15-10-11-16(14-9-5-4-8-13(14)15)18-12-6-2-1-3-7-12/h4-5,8-12,18H,1-3,6-7H2,(H,19,20). The summed E-state index contributed by atoms with van der Waals surface area (Å²) in [7, 11) is 0. The van der Waals surface area contributed by atoms with Crippen LogP contribution in [0.4, 0.5) is 5.69 Å². The van der Waals surface area contributed by atoms with Gasteiger partial charge in [-0.3, -0.25) is 0 Å². The molecule has 0 spiro atoms. The maximum atomic E-state index is 11.3. The van der Waals surface area contributed by atoms with Gasteiger partial charge in [-0.05, 0) is 30.4 Å². The van der Waals surface area contributed by atoms with Crippen molar-refractivity contribution in [2.45, 2.75) is 38.1 Å². The molecule has 0 saturated heterocycles. The fourth-order valence-electron chi connectivity index (χ4n) is 3.08. The largest absolute Gasteiger partial charge is 0.478 e. The summed E-state index contributed by atoms with van der Waals surface area (Å²) in [5.41, 5.74) is 1.42. The minimum Gasteiger partial charge on any atom is -0.478 e. The van der Waals surface area contributed by atoms with E-state index in [2.05, 4.69) is 5.32 Å². The number of hydrogen-bond donors (Lipinski definition) is 2. The van der Waals surface area contributed by atoms with Crippen LogP contribution in [0, 0.1) is 0 Å². The van der Waals surface area contributed by atoms with Crippen molar-refractivity contribution >= 4 is 22.4 Å². The first-order valence-electron chi connectivity index (χ1n) is 7.27. The van der Waals surface area contributed by atoms with Gasteiger partial charge < -0.3 is 10.4 Å². The number of carbonyl (C=O) groups is 1. The smallest absolute Gasteiger partial charge is 0.336 e. The second-order valence-electron chi connectivity index (χ2n) is 5.49. The molecule has 1 aliphatic rings. The molecule has 0 amide bonds. The zero-order chi connectivity index (χ0) is 13.9. The number of carboxylic acid groups (broad SMARTS) is 1. The minimum atomic E-state index is -0.870. The number of anilines is 1. The molecule has 1 saturated carbocycles. The zero-order valence-electron chi connectivity index (χ0n) is 11.4. The molecule has 104 valence electrons. The normalized spacial score (nSPS) is 16.2. The molecular formula is C17H19NO2. The third-order valence-electron chi connectivity index (χ3n) is 4.12. The van der Waals surface area contributed by atoms with Gasteiger partial charge in [-0.2, -0.15) is 0 Å². The molecule has 2 aromatic rings. The van der Waals surface area contributed by atoms with Gasteiger partial charge in [-0.25, -0.2) is 4.79 Å². The molecule has 0 heterocycles. The van der Waals surface area contributed by atoms with Gasteiger partial charge in [0.15, 0.2) is 0 Å². The Bertz CT molecular complexity index is 630. The van der Waals surface area contributed by atoms with E-state index < -0.39 is 5.97 Å². The first-order valence-corrected chi connectivity index (χ1v) is 7.27. The van der Waals surface area contributed by atoms with E-state index in [9.17, 15) is 9.90 Å².